The molecule has 11 heteroatoms. The van der Waals surface area contributed by atoms with Crippen molar-refractivity contribution in [1.82, 2.24) is 29.5 Å². The first kappa shape index (κ1) is 24.3. The zero-order valence-electron chi connectivity index (χ0n) is 20.1. The number of hydrogen-bond donors (Lipinski definition) is 0. The molecule has 3 heterocycles. The summed E-state index contributed by atoms with van der Waals surface area (Å²) in [6.07, 6.45) is 2.57. The molecule has 0 fully saturated rings. The summed E-state index contributed by atoms with van der Waals surface area (Å²) in [6, 6.07) is 10.0. The number of nitrogens with zero attached hydrogens (tertiary/aromatic N) is 6. The van der Waals surface area contributed by atoms with Gasteiger partial charge in [0, 0.05) is 51.9 Å². The monoisotopic (exact) mass is 482 g/mol. The van der Waals surface area contributed by atoms with Crippen molar-refractivity contribution in [2.75, 3.05) is 13.7 Å². The Balaban J connectivity index is 1.49. The highest BCUT2D eigenvalue weighted by Crippen LogP contribution is 2.25. The van der Waals surface area contributed by atoms with Crippen LogP contribution in [0.4, 0.5) is 4.39 Å². The van der Waals surface area contributed by atoms with Gasteiger partial charge in [0.1, 0.15) is 11.6 Å². The van der Waals surface area contributed by atoms with E-state index in [4.69, 9.17) is 14.0 Å². The predicted octanol–water partition coefficient (Wildman–Crippen LogP) is 3.63. The maximum Gasteiger partial charge on any atom is 0.297 e. The largest absolute Gasteiger partial charge is 0.459 e. The van der Waals surface area contributed by atoms with Crippen molar-refractivity contribution in [3.63, 3.8) is 0 Å². The standard InChI is InChI=1S/C24H27FN6O4/c1-16-26-22(28-31(16)15-17-6-11-20(32)30(14-17)12-5-13-33-4)23-27-21(29-35-23)18-7-9-19(10-8-18)34-24(2,3)25/h6-11,14H,5,12-13,15H2,1-4H3. The lowest BCUT2D eigenvalue weighted by atomic mass is 10.2. The molecule has 0 N–H and O–H groups in total. The van der Waals surface area contributed by atoms with Crippen LogP contribution >= 0.6 is 0 Å². The fourth-order valence-electron chi connectivity index (χ4n) is 3.45. The van der Waals surface area contributed by atoms with Crippen LogP contribution in [0.15, 0.2) is 51.9 Å². The molecular formula is C24H27FN6O4. The summed E-state index contributed by atoms with van der Waals surface area (Å²) in [4.78, 5) is 21.0. The van der Waals surface area contributed by atoms with Crippen LogP contribution in [0.5, 0.6) is 5.75 Å². The van der Waals surface area contributed by atoms with Gasteiger partial charge in [0.05, 0.1) is 6.54 Å². The molecule has 0 unspecified atom stereocenters. The molecule has 0 saturated heterocycles. The average Bonchev–Trinajstić information content (AvgIpc) is 3.43. The molecule has 35 heavy (non-hydrogen) atoms. The number of benzene rings is 1. The zero-order valence-corrected chi connectivity index (χ0v) is 20.1. The molecule has 1 aromatic carbocycles. The second kappa shape index (κ2) is 10.2. The summed E-state index contributed by atoms with van der Waals surface area (Å²) in [7, 11) is 1.64. The van der Waals surface area contributed by atoms with Crippen LogP contribution < -0.4 is 10.3 Å². The van der Waals surface area contributed by atoms with Crippen LogP contribution in [-0.4, -0.2) is 49.0 Å². The SMILES string of the molecule is COCCCn1cc(Cn2nc(-c3nc(-c4ccc(OC(C)(C)F)cc4)no3)nc2C)ccc1=O. The molecule has 3 aromatic heterocycles. The van der Waals surface area contributed by atoms with Crippen LogP contribution in [0, 0.1) is 6.92 Å². The molecule has 0 aliphatic rings. The van der Waals surface area contributed by atoms with Gasteiger partial charge in [-0.05, 0) is 43.2 Å². The Morgan fingerprint density at radius 2 is 1.86 bits per heavy atom. The lowest BCUT2D eigenvalue weighted by molar-refractivity contribution is -0.0256. The fraction of sp³-hybridized carbons (Fsp3) is 0.375. The van der Waals surface area contributed by atoms with Crippen LogP contribution in [-0.2, 0) is 17.8 Å². The number of ether oxygens (including phenoxy) is 2. The number of methoxy groups -OCH3 is 1. The highest BCUT2D eigenvalue weighted by atomic mass is 19.2. The van der Waals surface area contributed by atoms with E-state index in [0.717, 1.165) is 12.0 Å². The van der Waals surface area contributed by atoms with Crippen LogP contribution in [0.3, 0.4) is 0 Å². The second-order valence-electron chi connectivity index (χ2n) is 8.47. The van der Waals surface area contributed by atoms with Crippen LogP contribution in [0.25, 0.3) is 23.1 Å². The Labute approximate surface area is 201 Å². The third-order valence-corrected chi connectivity index (χ3v) is 5.07. The first-order valence-electron chi connectivity index (χ1n) is 11.1. The fourth-order valence-corrected chi connectivity index (χ4v) is 3.45. The third-order valence-electron chi connectivity index (χ3n) is 5.07. The molecule has 0 radical (unpaired) electrons. The van der Waals surface area contributed by atoms with Gasteiger partial charge in [-0.25, -0.2) is 9.67 Å². The summed E-state index contributed by atoms with van der Waals surface area (Å²) in [5.41, 5.74) is 1.52. The molecule has 0 saturated carbocycles. The van der Waals surface area contributed by atoms with E-state index in [0.29, 0.717) is 48.5 Å². The van der Waals surface area contributed by atoms with Gasteiger partial charge in [-0.2, -0.15) is 9.37 Å². The zero-order chi connectivity index (χ0) is 25.0. The summed E-state index contributed by atoms with van der Waals surface area (Å²) >= 11 is 0. The molecule has 0 aliphatic carbocycles. The normalized spacial score (nSPS) is 11.7. The minimum Gasteiger partial charge on any atom is -0.459 e. The highest BCUT2D eigenvalue weighted by molar-refractivity contribution is 5.57. The first-order chi connectivity index (χ1) is 16.7. The van der Waals surface area contributed by atoms with E-state index in [1.54, 1.807) is 52.8 Å². The van der Waals surface area contributed by atoms with Gasteiger partial charge in [0.2, 0.25) is 17.5 Å². The van der Waals surface area contributed by atoms with Gasteiger partial charge < -0.3 is 18.6 Å². The van der Waals surface area contributed by atoms with Crippen molar-refractivity contribution in [2.24, 2.45) is 0 Å². The molecule has 4 aromatic rings. The average molecular weight is 483 g/mol. The summed E-state index contributed by atoms with van der Waals surface area (Å²) in [6.45, 7) is 6.08. The van der Waals surface area contributed by atoms with Gasteiger partial charge in [-0.15, -0.1) is 5.10 Å². The predicted molar refractivity (Wildman–Crippen MR) is 126 cm³/mol. The summed E-state index contributed by atoms with van der Waals surface area (Å²) in [5, 5.41) is 8.51. The van der Waals surface area contributed by atoms with E-state index in [2.05, 4.69) is 20.2 Å². The van der Waals surface area contributed by atoms with Crippen molar-refractivity contribution in [2.45, 2.75) is 46.1 Å². The van der Waals surface area contributed by atoms with Crippen LogP contribution in [0.1, 0.15) is 31.7 Å². The number of halogens is 1. The lowest BCUT2D eigenvalue weighted by Crippen LogP contribution is -2.20. The van der Waals surface area contributed by atoms with Gasteiger partial charge >= 0.3 is 0 Å². The van der Waals surface area contributed by atoms with Gasteiger partial charge in [-0.3, -0.25) is 4.79 Å². The van der Waals surface area contributed by atoms with E-state index < -0.39 is 5.85 Å². The first-order valence-corrected chi connectivity index (χ1v) is 11.1. The quantitative estimate of drug-likeness (QED) is 0.315. The van der Waals surface area contributed by atoms with E-state index >= 15 is 0 Å². The molecule has 10 nitrogen and oxygen atoms in total. The van der Waals surface area contributed by atoms with Crippen molar-refractivity contribution in [3.05, 3.63) is 64.3 Å². The van der Waals surface area contributed by atoms with E-state index in [1.807, 2.05) is 13.1 Å². The third kappa shape index (κ3) is 6.18. The maximum absolute atomic E-state index is 13.7. The number of aryl methyl sites for hydroxylation is 2. The van der Waals surface area contributed by atoms with E-state index in [9.17, 15) is 9.18 Å². The molecule has 0 aliphatic heterocycles. The molecule has 184 valence electrons. The Hall–Kier alpha value is -3.86. The Morgan fingerprint density at radius 3 is 2.57 bits per heavy atom. The van der Waals surface area contributed by atoms with Gasteiger partial charge in [0.15, 0.2) is 0 Å². The summed E-state index contributed by atoms with van der Waals surface area (Å²) < 4.78 is 32.7. The van der Waals surface area contributed by atoms with Gasteiger partial charge in [0.25, 0.3) is 11.4 Å². The van der Waals surface area contributed by atoms with Crippen molar-refractivity contribution < 1.29 is 18.4 Å². The van der Waals surface area contributed by atoms with Crippen molar-refractivity contribution >= 4 is 0 Å². The minimum absolute atomic E-state index is 0.0627. The minimum atomic E-state index is -1.77. The topological polar surface area (TPSA) is 110 Å². The molecule has 4 rings (SSSR count). The van der Waals surface area contributed by atoms with Crippen LogP contribution in [0.2, 0.25) is 0 Å². The highest BCUT2D eigenvalue weighted by Gasteiger charge is 2.19. The maximum atomic E-state index is 13.7. The number of alkyl halides is 1. The Kier molecular flexibility index (Phi) is 7.06. The van der Waals surface area contributed by atoms with Crippen molar-refractivity contribution in [1.29, 1.82) is 0 Å². The number of rotatable bonds is 10. The number of pyridine rings is 1. The Bertz CT molecular complexity index is 1340. The number of aromatic nitrogens is 6. The molecule has 0 amide bonds. The molecule has 0 spiro atoms. The summed E-state index contributed by atoms with van der Waals surface area (Å²) in [5.74, 6) is 0.108. The Morgan fingerprint density at radius 1 is 1.09 bits per heavy atom. The number of hydrogen-bond acceptors (Lipinski definition) is 8. The molecular weight excluding hydrogens is 455 g/mol. The molecule has 0 bridgehead atoms. The van der Waals surface area contributed by atoms with E-state index in [-0.39, 0.29) is 11.4 Å². The van der Waals surface area contributed by atoms with Gasteiger partial charge in [-0.1, -0.05) is 11.2 Å². The van der Waals surface area contributed by atoms with E-state index in [1.165, 1.54) is 13.8 Å². The molecule has 0 atom stereocenters. The van der Waals surface area contributed by atoms with Crippen molar-refractivity contribution in [3.8, 4) is 28.9 Å². The lowest BCUT2D eigenvalue weighted by Gasteiger charge is -2.16. The second-order valence-corrected chi connectivity index (χ2v) is 8.47. The smallest absolute Gasteiger partial charge is 0.297 e.